The van der Waals surface area contributed by atoms with Gasteiger partial charge in [-0.05, 0) is 22.6 Å². The Balaban J connectivity index is 3.20. The van der Waals surface area contributed by atoms with Crippen LogP contribution in [0.25, 0.3) is 0 Å². The van der Waals surface area contributed by atoms with E-state index in [2.05, 4.69) is 4.98 Å². The number of pyridine rings is 1. The maximum Gasteiger partial charge on any atom is 0.192 e. The lowest BCUT2D eigenvalue weighted by atomic mass is 10.3. The van der Waals surface area contributed by atoms with E-state index in [9.17, 15) is 0 Å². The molecule has 5 heteroatoms. The molecule has 0 saturated heterocycles. The molecule has 1 heterocycles. The van der Waals surface area contributed by atoms with Gasteiger partial charge in [-0.1, -0.05) is 0 Å². The lowest BCUT2D eigenvalue weighted by Gasteiger charge is -2.09. The predicted molar refractivity (Wildman–Crippen MR) is 56.0 cm³/mol. The molecule has 0 saturated carbocycles. The standard InChI is InChI=1S/C8H10INO3/c1-12-6-3-5(4-11)10-8(9)7(6)13-2/h3,11H,4H2,1-2H3. The van der Waals surface area contributed by atoms with Crippen LogP contribution < -0.4 is 9.47 Å². The van der Waals surface area contributed by atoms with Gasteiger partial charge in [0.2, 0.25) is 0 Å². The number of ether oxygens (including phenoxy) is 2. The summed E-state index contributed by atoms with van der Waals surface area (Å²) in [6.07, 6.45) is 0. The van der Waals surface area contributed by atoms with E-state index in [1.807, 2.05) is 22.6 Å². The van der Waals surface area contributed by atoms with Crippen LogP contribution >= 0.6 is 22.6 Å². The van der Waals surface area contributed by atoms with E-state index >= 15 is 0 Å². The fourth-order valence-corrected chi connectivity index (χ4v) is 1.74. The summed E-state index contributed by atoms with van der Waals surface area (Å²) < 4.78 is 10.9. The molecule has 0 aliphatic carbocycles. The smallest absolute Gasteiger partial charge is 0.192 e. The van der Waals surface area contributed by atoms with Gasteiger partial charge in [-0.2, -0.15) is 0 Å². The second kappa shape index (κ2) is 4.61. The van der Waals surface area contributed by atoms with Crippen LogP contribution in [0.5, 0.6) is 11.5 Å². The van der Waals surface area contributed by atoms with Crippen molar-refractivity contribution >= 4 is 22.6 Å². The number of halogens is 1. The first kappa shape index (κ1) is 10.5. The van der Waals surface area contributed by atoms with Gasteiger partial charge in [-0.15, -0.1) is 0 Å². The zero-order valence-electron chi connectivity index (χ0n) is 7.37. The van der Waals surface area contributed by atoms with Crippen molar-refractivity contribution in [1.29, 1.82) is 0 Å². The van der Waals surface area contributed by atoms with E-state index < -0.39 is 0 Å². The molecule has 1 rings (SSSR count). The highest BCUT2D eigenvalue weighted by Gasteiger charge is 2.10. The molecular weight excluding hydrogens is 285 g/mol. The monoisotopic (exact) mass is 295 g/mol. The highest BCUT2D eigenvalue weighted by Crippen LogP contribution is 2.31. The summed E-state index contributed by atoms with van der Waals surface area (Å²) in [4.78, 5) is 4.10. The largest absolute Gasteiger partial charge is 0.493 e. The minimum atomic E-state index is -0.101. The molecular formula is C8H10INO3. The van der Waals surface area contributed by atoms with Crippen molar-refractivity contribution in [3.8, 4) is 11.5 Å². The first-order chi connectivity index (χ1) is 6.22. The third-order valence-electron chi connectivity index (χ3n) is 1.54. The maximum absolute atomic E-state index is 8.88. The summed E-state index contributed by atoms with van der Waals surface area (Å²) in [6, 6.07) is 1.65. The SMILES string of the molecule is COc1cc(CO)nc(I)c1OC. The van der Waals surface area contributed by atoms with Gasteiger partial charge in [-0.25, -0.2) is 4.98 Å². The minimum absolute atomic E-state index is 0.101. The van der Waals surface area contributed by atoms with E-state index in [0.29, 0.717) is 20.9 Å². The normalized spacial score (nSPS) is 9.85. The molecule has 4 nitrogen and oxygen atoms in total. The topological polar surface area (TPSA) is 51.6 Å². The van der Waals surface area contributed by atoms with Crippen LogP contribution in [0.4, 0.5) is 0 Å². The number of nitrogens with zero attached hydrogens (tertiary/aromatic N) is 1. The van der Waals surface area contributed by atoms with Crippen LogP contribution in [0.3, 0.4) is 0 Å². The summed E-state index contributed by atoms with van der Waals surface area (Å²) >= 11 is 2.03. The average molecular weight is 295 g/mol. The van der Waals surface area contributed by atoms with Crippen LogP contribution in [0, 0.1) is 3.70 Å². The Morgan fingerprint density at radius 1 is 1.46 bits per heavy atom. The molecule has 0 aliphatic rings. The van der Waals surface area contributed by atoms with Crippen LogP contribution in [-0.4, -0.2) is 24.3 Å². The van der Waals surface area contributed by atoms with Gasteiger partial charge >= 0.3 is 0 Å². The van der Waals surface area contributed by atoms with Crippen molar-refractivity contribution in [1.82, 2.24) is 4.98 Å². The van der Waals surface area contributed by atoms with Crippen molar-refractivity contribution in [3.63, 3.8) is 0 Å². The van der Waals surface area contributed by atoms with Crippen molar-refractivity contribution in [3.05, 3.63) is 15.5 Å². The Bertz CT molecular complexity index is 304. The molecule has 1 N–H and O–H groups in total. The van der Waals surface area contributed by atoms with Gasteiger partial charge < -0.3 is 14.6 Å². The fraction of sp³-hybridized carbons (Fsp3) is 0.375. The summed E-state index contributed by atoms with van der Waals surface area (Å²) in [5.74, 6) is 1.19. The number of aliphatic hydroxyl groups excluding tert-OH is 1. The van der Waals surface area contributed by atoms with Crippen LogP contribution in [0.15, 0.2) is 6.07 Å². The molecule has 0 fully saturated rings. The molecule has 0 aliphatic heterocycles. The number of methoxy groups -OCH3 is 2. The summed E-state index contributed by atoms with van der Waals surface area (Å²) in [5, 5.41) is 8.88. The molecule has 0 amide bonds. The zero-order valence-corrected chi connectivity index (χ0v) is 9.53. The lowest BCUT2D eigenvalue weighted by molar-refractivity contribution is 0.274. The van der Waals surface area contributed by atoms with Gasteiger partial charge in [0.15, 0.2) is 11.5 Å². The lowest BCUT2D eigenvalue weighted by Crippen LogP contribution is -1.99. The molecule has 1 aromatic rings. The summed E-state index contributed by atoms with van der Waals surface area (Å²) in [6.45, 7) is -0.101. The van der Waals surface area contributed by atoms with Crippen molar-refractivity contribution < 1.29 is 14.6 Å². The van der Waals surface area contributed by atoms with E-state index in [-0.39, 0.29) is 6.61 Å². The Kier molecular flexibility index (Phi) is 3.73. The van der Waals surface area contributed by atoms with Gasteiger partial charge in [0.05, 0.1) is 26.5 Å². The predicted octanol–water partition coefficient (Wildman–Crippen LogP) is 1.20. The molecule has 0 unspecified atom stereocenters. The Hall–Kier alpha value is -0.560. The Labute approximate surface area is 90.0 Å². The van der Waals surface area contributed by atoms with Crippen LogP contribution in [0.2, 0.25) is 0 Å². The maximum atomic E-state index is 8.88. The molecule has 72 valence electrons. The van der Waals surface area contributed by atoms with Crippen LogP contribution in [0.1, 0.15) is 5.69 Å². The number of aromatic nitrogens is 1. The quantitative estimate of drug-likeness (QED) is 0.672. The van der Waals surface area contributed by atoms with Gasteiger partial charge in [0.25, 0.3) is 0 Å². The van der Waals surface area contributed by atoms with E-state index in [1.165, 1.54) is 0 Å². The van der Waals surface area contributed by atoms with Crippen LogP contribution in [-0.2, 0) is 6.61 Å². The molecule has 0 radical (unpaired) electrons. The number of hydrogen-bond donors (Lipinski definition) is 1. The number of hydrogen-bond acceptors (Lipinski definition) is 4. The number of rotatable bonds is 3. The molecule has 0 aromatic carbocycles. The van der Waals surface area contributed by atoms with E-state index in [0.717, 1.165) is 0 Å². The molecule has 0 spiro atoms. The second-order valence-electron chi connectivity index (χ2n) is 2.30. The van der Waals surface area contributed by atoms with Gasteiger partial charge in [0, 0.05) is 6.07 Å². The second-order valence-corrected chi connectivity index (χ2v) is 3.32. The summed E-state index contributed by atoms with van der Waals surface area (Å²) in [5.41, 5.74) is 0.571. The van der Waals surface area contributed by atoms with Crippen molar-refractivity contribution in [2.24, 2.45) is 0 Å². The third-order valence-corrected chi connectivity index (χ3v) is 2.27. The van der Waals surface area contributed by atoms with Gasteiger partial charge in [0.1, 0.15) is 3.70 Å². The zero-order chi connectivity index (χ0) is 9.84. The molecule has 0 atom stereocenters. The van der Waals surface area contributed by atoms with E-state index in [4.69, 9.17) is 14.6 Å². The highest BCUT2D eigenvalue weighted by molar-refractivity contribution is 14.1. The fourth-order valence-electron chi connectivity index (χ4n) is 0.945. The Morgan fingerprint density at radius 2 is 2.15 bits per heavy atom. The van der Waals surface area contributed by atoms with Crippen molar-refractivity contribution in [2.75, 3.05) is 14.2 Å². The number of aliphatic hydroxyl groups is 1. The summed E-state index contributed by atoms with van der Waals surface area (Å²) in [7, 11) is 3.11. The van der Waals surface area contributed by atoms with E-state index in [1.54, 1.807) is 20.3 Å². The molecule has 13 heavy (non-hydrogen) atoms. The Morgan fingerprint density at radius 3 is 2.62 bits per heavy atom. The first-order valence-electron chi connectivity index (χ1n) is 3.61. The minimum Gasteiger partial charge on any atom is -0.493 e. The highest BCUT2D eigenvalue weighted by atomic mass is 127. The molecule has 0 bridgehead atoms. The first-order valence-corrected chi connectivity index (χ1v) is 4.69. The average Bonchev–Trinajstić information content (AvgIpc) is 2.16. The van der Waals surface area contributed by atoms with Crippen molar-refractivity contribution in [2.45, 2.75) is 6.61 Å². The third kappa shape index (κ3) is 2.22. The van der Waals surface area contributed by atoms with Gasteiger partial charge in [-0.3, -0.25) is 0 Å². The molecule has 1 aromatic heterocycles.